The van der Waals surface area contributed by atoms with Gasteiger partial charge in [0, 0.05) is 12.3 Å². The average molecular weight is 395 g/mol. The van der Waals surface area contributed by atoms with Gasteiger partial charge >= 0.3 is 0 Å². The van der Waals surface area contributed by atoms with Gasteiger partial charge in [0.1, 0.15) is 29.1 Å². The number of rotatable bonds is 5. The molecular weight excluding hydrogens is 374 g/mol. The summed E-state index contributed by atoms with van der Waals surface area (Å²) in [6.07, 6.45) is 1.78. The lowest BCUT2D eigenvalue weighted by Gasteiger charge is -2.27. The largest absolute Gasteiger partial charge is 0.497 e. The predicted molar refractivity (Wildman–Crippen MR) is 111 cm³/mol. The lowest BCUT2D eigenvalue weighted by atomic mass is 10.0. The number of pyridine rings is 1. The number of methoxy groups -OCH3 is 2. The Bertz CT molecular complexity index is 990. The first-order valence-electron chi connectivity index (χ1n) is 8.91. The molecule has 1 saturated heterocycles. The van der Waals surface area contributed by atoms with Gasteiger partial charge in [-0.15, -0.1) is 0 Å². The standard InChI is InChI=1S/C21H21N3O3S/c1-13-7-10-17(27-13)20-19(15-6-4-5-11-22-15)23-21(28)24(20)16-9-8-14(25-2)12-18(16)26-3/h4-12,19-20H,1-3H3,(H,23,28). The van der Waals surface area contributed by atoms with Crippen LogP contribution in [0.15, 0.2) is 59.1 Å². The molecule has 1 fully saturated rings. The minimum Gasteiger partial charge on any atom is -0.497 e. The van der Waals surface area contributed by atoms with Crippen LogP contribution in [0.5, 0.6) is 11.5 Å². The number of nitrogens with zero attached hydrogens (tertiary/aromatic N) is 2. The first kappa shape index (κ1) is 18.3. The van der Waals surface area contributed by atoms with E-state index in [2.05, 4.69) is 10.3 Å². The summed E-state index contributed by atoms with van der Waals surface area (Å²) >= 11 is 5.71. The van der Waals surface area contributed by atoms with Crippen molar-refractivity contribution in [1.82, 2.24) is 10.3 Å². The van der Waals surface area contributed by atoms with Gasteiger partial charge in [-0.05, 0) is 55.5 Å². The summed E-state index contributed by atoms with van der Waals surface area (Å²) in [5, 5.41) is 3.99. The van der Waals surface area contributed by atoms with Crippen molar-refractivity contribution in [2.75, 3.05) is 19.1 Å². The quantitative estimate of drug-likeness (QED) is 0.651. The summed E-state index contributed by atoms with van der Waals surface area (Å²) < 4.78 is 17.0. The third kappa shape index (κ3) is 3.18. The highest BCUT2D eigenvalue weighted by Gasteiger charge is 2.43. The second-order valence-corrected chi connectivity index (χ2v) is 6.87. The molecule has 0 saturated carbocycles. The van der Waals surface area contributed by atoms with Crippen LogP contribution in [0.1, 0.15) is 29.3 Å². The molecule has 0 amide bonds. The smallest absolute Gasteiger partial charge is 0.174 e. The maximum atomic E-state index is 6.00. The number of nitrogens with one attached hydrogen (secondary N) is 1. The molecule has 2 unspecified atom stereocenters. The zero-order chi connectivity index (χ0) is 19.7. The number of anilines is 1. The maximum Gasteiger partial charge on any atom is 0.174 e. The van der Waals surface area contributed by atoms with Crippen molar-refractivity contribution in [3.63, 3.8) is 0 Å². The van der Waals surface area contributed by atoms with Crippen molar-refractivity contribution < 1.29 is 13.9 Å². The molecule has 2 aromatic heterocycles. The molecular formula is C21H21N3O3S. The third-order valence-electron chi connectivity index (χ3n) is 4.80. The van der Waals surface area contributed by atoms with E-state index in [0.717, 1.165) is 22.9 Å². The molecule has 0 aliphatic carbocycles. The molecule has 2 atom stereocenters. The van der Waals surface area contributed by atoms with Crippen molar-refractivity contribution in [2.24, 2.45) is 0 Å². The van der Waals surface area contributed by atoms with E-state index in [1.54, 1.807) is 20.4 Å². The molecule has 0 spiro atoms. The van der Waals surface area contributed by atoms with Crippen LogP contribution in [-0.2, 0) is 0 Å². The first-order valence-corrected chi connectivity index (χ1v) is 9.32. The molecule has 7 heteroatoms. The minimum atomic E-state index is -0.210. The molecule has 4 rings (SSSR count). The highest BCUT2D eigenvalue weighted by atomic mass is 32.1. The number of ether oxygens (including phenoxy) is 2. The van der Waals surface area contributed by atoms with Gasteiger partial charge in [0.15, 0.2) is 5.11 Å². The molecule has 3 aromatic rings. The Morgan fingerprint density at radius 2 is 1.96 bits per heavy atom. The molecule has 1 N–H and O–H groups in total. The fourth-order valence-corrected chi connectivity index (χ4v) is 3.84. The summed E-state index contributed by atoms with van der Waals surface area (Å²) in [5.74, 6) is 3.02. The number of aryl methyl sites for hydroxylation is 1. The van der Waals surface area contributed by atoms with Crippen LogP contribution in [0, 0.1) is 6.92 Å². The first-order chi connectivity index (χ1) is 13.6. The van der Waals surface area contributed by atoms with Crippen LogP contribution in [0.25, 0.3) is 0 Å². The number of furan rings is 1. The topological polar surface area (TPSA) is 59.8 Å². The average Bonchev–Trinajstić information content (AvgIpc) is 3.30. The zero-order valence-electron chi connectivity index (χ0n) is 15.9. The Kier molecular flexibility index (Phi) is 4.92. The van der Waals surface area contributed by atoms with E-state index in [-0.39, 0.29) is 12.1 Å². The van der Waals surface area contributed by atoms with Crippen LogP contribution in [-0.4, -0.2) is 24.3 Å². The molecule has 1 aliphatic heterocycles. The van der Waals surface area contributed by atoms with E-state index in [9.17, 15) is 0 Å². The Morgan fingerprint density at radius 3 is 2.61 bits per heavy atom. The fraction of sp³-hybridized carbons (Fsp3) is 0.238. The Hall–Kier alpha value is -3.06. The Balaban J connectivity index is 1.84. The normalized spacial score (nSPS) is 18.8. The number of hydrogen-bond acceptors (Lipinski definition) is 5. The van der Waals surface area contributed by atoms with Gasteiger partial charge in [-0.1, -0.05) is 6.07 Å². The molecule has 1 aliphatic rings. The summed E-state index contributed by atoms with van der Waals surface area (Å²) in [4.78, 5) is 6.55. The second-order valence-electron chi connectivity index (χ2n) is 6.48. The van der Waals surface area contributed by atoms with Crippen LogP contribution >= 0.6 is 12.2 Å². The van der Waals surface area contributed by atoms with Crippen molar-refractivity contribution in [3.8, 4) is 11.5 Å². The summed E-state index contributed by atoms with van der Waals surface area (Å²) in [6, 6.07) is 15.1. The maximum absolute atomic E-state index is 6.00. The van der Waals surface area contributed by atoms with Gasteiger partial charge in [-0.3, -0.25) is 4.98 Å². The van der Waals surface area contributed by atoms with E-state index in [1.807, 2.05) is 60.4 Å². The molecule has 0 radical (unpaired) electrons. The van der Waals surface area contributed by atoms with Crippen LogP contribution in [0.4, 0.5) is 5.69 Å². The van der Waals surface area contributed by atoms with E-state index < -0.39 is 0 Å². The summed E-state index contributed by atoms with van der Waals surface area (Å²) in [5.41, 5.74) is 1.72. The van der Waals surface area contributed by atoms with Crippen LogP contribution in [0.2, 0.25) is 0 Å². The van der Waals surface area contributed by atoms with E-state index in [4.69, 9.17) is 26.1 Å². The monoisotopic (exact) mass is 395 g/mol. The SMILES string of the molecule is COc1ccc(N2C(=S)NC(c3ccccn3)C2c2ccc(C)o2)c(OC)c1. The summed E-state index contributed by atoms with van der Waals surface area (Å²) in [6.45, 7) is 1.93. The molecule has 3 heterocycles. The number of benzene rings is 1. The van der Waals surface area contributed by atoms with Crippen molar-refractivity contribution in [2.45, 2.75) is 19.0 Å². The van der Waals surface area contributed by atoms with Crippen molar-refractivity contribution in [1.29, 1.82) is 0 Å². The highest BCUT2D eigenvalue weighted by Crippen LogP contribution is 2.45. The van der Waals surface area contributed by atoms with Gasteiger partial charge in [0.05, 0.1) is 31.6 Å². The van der Waals surface area contributed by atoms with Gasteiger partial charge in [-0.2, -0.15) is 0 Å². The Morgan fingerprint density at radius 1 is 1.11 bits per heavy atom. The summed E-state index contributed by atoms with van der Waals surface area (Å²) in [7, 11) is 3.26. The van der Waals surface area contributed by atoms with E-state index >= 15 is 0 Å². The molecule has 1 aromatic carbocycles. The zero-order valence-corrected chi connectivity index (χ0v) is 16.7. The Labute approximate surface area is 169 Å². The number of thiocarbonyl (C=S) groups is 1. The van der Waals surface area contributed by atoms with Gasteiger partial charge in [-0.25, -0.2) is 0 Å². The van der Waals surface area contributed by atoms with Crippen LogP contribution < -0.4 is 19.7 Å². The van der Waals surface area contributed by atoms with Gasteiger partial charge in [0.25, 0.3) is 0 Å². The molecule has 28 heavy (non-hydrogen) atoms. The number of aromatic nitrogens is 1. The minimum absolute atomic E-state index is 0.161. The molecule has 144 valence electrons. The van der Waals surface area contributed by atoms with Gasteiger partial charge in [0.2, 0.25) is 0 Å². The fourth-order valence-electron chi connectivity index (χ4n) is 3.50. The second kappa shape index (κ2) is 7.52. The van der Waals surface area contributed by atoms with Gasteiger partial charge < -0.3 is 24.1 Å². The van der Waals surface area contributed by atoms with Crippen molar-refractivity contribution in [3.05, 3.63) is 71.9 Å². The lowest BCUT2D eigenvalue weighted by molar-refractivity contribution is 0.391. The molecule has 0 bridgehead atoms. The van der Waals surface area contributed by atoms with E-state index in [0.29, 0.717) is 16.6 Å². The van der Waals surface area contributed by atoms with Crippen molar-refractivity contribution >= 4 is 23.0 Å². The highest BCUT2D eigenvalue weighted by molar-refractivity contribution is 7.80. The lowest BCUT2D eigenvalue weighted by Crippen LogP contribution is -2.29. The third-order valence-corrected chi connectivity index (χ3v) is 5.11. The molecule has 6 nitrogen and oxygen atoms in total. The van der Waals surface area contributed by atoms with Crippen LogP contribution in [0.3, 0.4) is 0 Å². The number of hydrogen-bond donors (Lipinski definition) is 1. The van der Waals surface area contributed by atoms with E-state index in [1.165, 1.54) is 0 Å². The predicted octanol–water partition coefficient (Wildman–Crippen LogP) is 4.18.